The zero-order chi connectivity index (χ0) is 33.4. The highest BCUT2D eigenvalue weighted by Crippen LogP contribution is 2.45. The zero-order valence-electron chi connectivity index (χ0n) is 26.1. The van der Waals surface area contributed by atoms with Gasteiger partial charge in [0.1, 0.15) is 34.9 Å². The smallest absolute Gasteiger partial charge is 0.214 e. The van der Waals surface area contributed by atoms with Crippen LogP contribution >= 0.6 is 0 Å². The summed E-state index contributed by atoms with van der Waals surface area (Å²) in [6.07, 6.45) is -2.11. The molecule has 240 valence electrons. The fraction of sp³-hybridized carbons (Fsp3) is 0.533. The molecule has 0 amide bonds. The monoisotopic (exact) mass is 648 g/mol. The maximum atomic E-state index is 12.2. The molecule has 2 aliphatic heterocycles. The van der Waals surface area contributed by atoms with Crippen LogP contribution in [0.25, 0.3) is 0 Å². The highest BCUT2D eigenvalue weighted by Gasteiger charge is 2.48. The van der Waals surface area contributed by atoms with Crippen LogP contribution in [-0.2, 0) is 20.0 Å². The van der Waals surface area contributed by atoms with Crippen molar-refractivity contribution >= 4 is 20.0 Å². The second kappa shape index (κ2) is 12.6. The van der Waals surface area contributed by atoms with Gasteiger partial charge in [0.2, 0.25) is 20.0 Å². The molecule has 2 aromatic rings. The number of ether oxygens (including phenoxy) is 2. The molecule has 0 radical (unpaired) electrons. The van der Waals surface area contributed by atoms with Gasteiger partial charge in [-0.15, -0.1) is 0 Å². The molecule has 4 atom stereocenters. The Morgan fingerprint density at radius 1 is 0.727 bits per heavy atom. The third kappa shape index (κ3) is 6.71. The molecule has 0 fully saturated rings. The van der Waals surface area contributed by atoms with Crippen LogP contribution in [0, 0.1) is 22.7 Å². The number of likely N-dealkylation sites (N-methyl/N-ethyl adjacent to an activating group) is 2. The van der Waals surface area contributed by atoms with Crippen molar-refractivity contribution in [1.29, 1.82) is 10.5 Å². The van der Waals surface area contributed by atoms with Crippen LogP contribution in [0.2, 0.25) is 0 Å². The molecule has 2 N–H and O–H groups in total. The van der Waals surface area contributed by atoms with E-state index in [0.717, 1.165) is 0 Å². The number of hydrogen-bond acceptors (Lipinski definition) is 10. The molecule has 2 heterocycles. The van der Waals surface area contributed by atoms with E-state index in [1.807, 2.05) is 12.1 Å². The number of aliphatic hydroxyl groups is 2. The van der Waals surface area contributed by atoms with Gasteiger partial charge in [0.25, 0.3) is 0 Å². The molecule has 0 saturated carbocycles. The highest BCUT2D eigenvalue weighted by molar-refractivity contribution is 7.89. The number of benzene rings is 2. The summed E-state index contributed by atoms with van der Waals surface area (Å²) in [6, 6.07) is 12.1. The molecule has 0 bridgehead atoms. The molecule has 0 unspecified atom stereocenters. The number of sulfonamides is 2. The van der Waals surface area contributed by atoms with Crippen molar-refractivity contribution in [2.75, 3.05) is 25.6 Å². The Morgan fingerprint density at radius 3 is 1.32 bits per heavy atom. The number of rotatable bonds is 6. The number of nitrogens with zero attached hydrogens (tertiary/aromatic N) is 4. The Labute approximate surface area is 260 Å². The third-order valence-corrected chi connectivity index (χ3v) is 11.7. The number of hydrogen-bond donors (Lipinski definition) is 2. The van der Waals surface area contributed by atoms with Gasteiger partial charge in [0.15, 0.2) is 0 Å². The summed E-state index contributed by atoms with van der Waals surface area (Å²) in [5, 5.41) is 39.4. The molecule has 0 aliphatic carbocycles. The molecule has 14 heteroatoms. The molecule has 0 saturated heterocycles. The Bertz CT molecular complexity index is 1570. The first kappa shape index (κ1) is 35.2. The van der Waals surface area contributed by atoms with Crippen molar-refractivity contribution in [3.05, 3.63) is 58.7 Å². The van der Waals surface area contributed by atoms with Crippen molar-refractivity contribution in [2.45, 2.75) is 77.0 Å². The number of aliphatic hydroxyl groups excluding tert-OH is 2. The quantitative estimate of drug-likeness (QED) is 0.473. The Kier molecular flexibility index (Phi) is 10.1. The van der Waals surface area contributed by atoms with E-state index in [4.69, 9.17) is 20.0 Å². The van der Waals surface area contributed by atoms with Crippen LogP contribution < -0.4 is 9.47 Å². The van der Waals surface area contributed by atoms with Crippen LogP contribution in [0.15, 0.2) is 36.4 Å². The topological polar surface area (TPSA) is 181 Å². The van der Waals surface area contributed by atoms with Crippen LogP contribution in [0.5, 0.6) is 11.5 Å². The van der Waals surface area contributed by atoms with Crippen LogP contribution in [-0.4, -0.2) is 84.7 Å². The summed E-state index contributed by atoms with van der Waals surface area (Å²) in [6.45, 7) is 9.93. The fourth-order valence-electron chi connectivity index (χ4n) is 5.21. The first-order chi connectivity index (χ1) is 20.3. The molecule has 4 rings (SSSR count). The lowest BCUT2D eigenvalue weighted by molar-refractivity contribution is -0.0764. The fourth-order valence-corrected chi connectivity index (χ4v) is 7.18. The first-order valence-corrected chi connectivity index (χ1v) is 17.2. The third-order valence-electron chi connectivity index (χ3n) is 8.07. The summed E-state index contributed by atoms with van der Waals surface area (Å²) in [7, 11) is -4.13. The molecule has 2 aliphatic rings. The molecular weight excluding hydrogens is 608 g/mol. The van der Waals surface area contributed by atoms with Gasteiger partial charge in [-0.3, -0.25) is 0 Å². The van der Waals surface area contributed by atoms with Crippen molar-refractivity contribution in [1.82, 2.24) is 8.61 Å². The Morgan fingerprint density at radius 2 is 1.05 bits per heavy atom. The van der Waals surface area contributed by atoms with Gasteiger partial charge >= 0.3 is 0 Å². The van der Waals surface area contributed by atoms with Gasteiger partial charge in [0, 0.05) is 25.2 Å². The van der Waals surface area contributed by atoms with Crippen LogP contribution in [0.3, 0.4) is 0 Å². The van der Waals surface area contributed by atoms with Crippen molar-refractivity contribution < 1.29 is 36.5 Å². The average molecular weight is 649 g/mol. The molecule has 12 nitrogen and oxygen atoms in total. The molecule has 0 spiro atoms. The molecule has 0 aromatic heterocycles. The maximum Gasteiger partial charge on any atom is 0.214 e. The Hall–Kier alpha value is -3.24. The first-order valence-electron chi connectivity index (χ1n) is 14.0. The van der Waals surface area contributed by atoms with E-state index >= 15 is 0 Å². The average Bonchev–Trinajstić information content (AvgIpc) is 2.97. The highest BCUT2D eigenvalue weighted by atomic mass is 32.2. The predicted molar refractivity (Wildman–Crippen MR) is 164 cm³/mol. The second-order valence-electron chi connectivity index (χ2n) is 11.8. The van der Waals surface area contributed by atoms with Gasteiger partial charge in [-0.2, -0.15) is 19.1 Å². The lowest BCUT2D eigenvalue weighted by Crippen LogP contribution is -2.54. The minimum atomic E-state index is -3.51. The van der Waals surface area contributed by atoms with E-state index in [-0.39, 0.29) is 11.5 Å². The van der Waals surface area contributed by atoms with E-state index in [1.54, 1.807) is 77.9 Å². The van der Waals surface area contributed by atoms with E-state index < -0.39 is 55.5 Å². The summed E-state index contributed by atoms with van der Waals surface area (Å²) in [4.78, 5) is 0. The van der Waals surface area contributed by atoms with Crippen molar-refractivity contribution in [3.63, 3.8) is 0 Å². The Balaban J connectivity index is 0.000000240. The van der Waals surface area contributed by atoms with Crippen molar-refractivity contribution in [2.24, 2.45) is 0 Å². The number of nitriles is 2. The minimum Gasteiger partial charge on any atom is -0.485 e. The van der Waals surface area contributed by atoms with E-state index in [2.05, 4.69) is 0 Å². The summed E-state index contributed by atoms with van der Waals surface area (Å²) >= 11 is 0. The lowest BCUT2D eigenvalue weighted by Gasteiger charge is -2.44. The van der Waals surface area contributed by atoms with Gasteiger partial charge in [-0.1, -0.05) is 0 Å². The van der Waals surface area contributed by atoms with E-state index in [9.17, 15) is 27.0 Å². The van der Waals surface area contributed by atoms with Crippen molar-refractivity contribution in [3.8, 4) is 23.6 Å². The van der Waals surface area contributed by atoms with Gasteiger partial charge in [-0.05, 0) is 77.9 Å². The van der Waals surface area contributed by atoms with E-state index in [0.29, 0.717) is 33.8 Å². The largest absolute Gasteiger partial charge is 0.485 e. The van der Waals surface area contributed by atoms with E-state index in [1.165, 1.54) is 22.7 Å². The lowest BCUT2D eigenvalue weighted by atomic mass is 9.86. The zero-order valence-corrected chi connectivity index (χ0v) is 27.8. The standard InChI is InChI=1S/2C15H20N2O4S/c2*1-5-22(19,20)17(4)13-11-8-10(9-16)6-7-12(11)21-15(2,3)14(13)18/h2*6-8,13-14,18H,5H2,1-4H3/t2*13-,14+/m10/s1. The van der Waals surface area contributed by atoms with Gasteiger partial charge in [0.05, 0.1) is 46.9 Å². The summed E-state index contributed by atoms with van der Waals surface area (Å²) in [5.41, 5.74) is -0.0916. The normalized spacial score (nSPS) is 23.5. The van der Waals surface area contributed by atoms with Crippen LogP contribution in [0.1, 0.15) is 75.9 Å². The summed E-state index contributed by atoms with van der Waals surface area (Å²) < 4.78 is 62.8. The van der Waals surface area contributed by atoms with Crippen LogP contribution in [0.4, 0.5) is 0 Å². The predicted octanol–water partition coefficient (Wildman–Crippen LogP) is 2.83. The summed E-state index contributed by atoms with van der Waals surface area (Å²) in [5.74, 6) is 0.831. The molecular formula is C30H40N4O8S2. The SMILES string of the molecule is CCS(=O)(=O)N(C)[C@@H]1c2cc(C#N)ccc2OC(C)(C)[C@H]1O.CCS(=O)(=O)N(C)[C@H]1c2cc(C#N)ccc2OC(C)(C)[C@@H]1O. The molecule has 44 heavy (non-hydrogen) atoms. The van der Waals surface area contributed by atoms with Gasteiger partial charge < -0.3 is 19.7 Å². The second-order valence-corrected chi connectivity index (χ2v) is 16.4. The maximum absolute atomic E-state index is 12.2. The molecule has 2 aromatic carbocycles. The van der Waals surface area contributed by atoms with Gasteiger partial charge in [-0.25, -0.2) is 16.8 Å². The number of fused-ring (bicyclic) bond motifs is 2. The minimum absolute atomic E-state index is 0.0682.